The van der Waals surface area contributed by atoms with Crippen molar-refractivity contribution < 1.29 is 14.0 Å². The zero-order valence-electron chi connectivity index (χ0n) is 19.8. The maximum atomic E-state index is 13.4. The van der Waals surface area contributed by atoms with Crippen molar-refractivity contribution in [2.24, 2.45) is 0 Å². The molecule has 0 heterocycles. The summed E-state index contributed by atoms with van der Waals surface area (Å²) in [4.78, 5) is 27.8. The highest BCUT2D eigenvalue weighted by Crippen LogP contribution is 2.19. The van der Waals surface area contributed by atoms with Crippen molar-refractivity contribution in [3.8, 4) is 0 Å². The molecule has 32 heavy (non-hydrogen) atoms. The van der Waals surface area contributed by atoms with E-state index in [-0.39, 0.29) is 36.0 Å². The summed E-state index contributed by atoms with van der Waals surface area (Å²) >= 11 is 1.55. The average molecular weight is 459 g/mol. The van der Waals surface area contributed by atoms with Crippen LogP contribution in [-0.2, 0) is 21.9 Å². The quantitative estimate of drug-likeness (QED) is 0.491. The fourth-order valence-corrected chi connectivity index (χ4v) is 4.48. The van der Waals surface area contributed by atoms with Gasteiger partial charge >= 0.3 is 0 Å². The first-order valence-electron chi connectivity index (χ1n) is 11.2. The lowest BCUT2D eigenvalue weighted by atomic mass is 10.1. The highest BCUT2D eigenvalue weighted by molar-refractivity contribution is 7.99. The fraction of sp³-hybridized carbons (Fsp3) is 0.462. The Morgan fingerprint density at radius 1 is 1.00 bits per heavy atom. The number of aryl methyl sites for hydroxylation is 2. The predicted octanol–water partition coefficient (Wildman–Crippen LogP) is 5.40. The maximum absolute atomic E-state index is 13.4. The van der Waals surface area contributed by atoms with Gasteiger partial charge in [0.05, 0.1) is 5.75 Å². The van der Waals surface area contributed by atoms with Crippen LogP contribution < -0.4 is 5.32 Å². The van der Waals surface area contributed by atoms with Crippen molar-refractivity contribution in [2.45, 2.75) is 71.8 Å². The first-order valence-corrected chi connectivity index (χ1v) is 12.4. The Labute approximate surface area is 196 Å². The molecule has 2 amide bonds. The lowest BCUT2D eigenvalue weighted by Crippen LogP contribution is -2.51. The van der Waals surface area contributed by atoms with E-state index in [1.54, 1.807) is 28.8 Å². The molecule has 0 aliphatic rings. The summed E-state index contributed by atoms with van der Waals surface area (Å²) in [6.45, 7) is 10.3. The van der Waals surface area contributed by atoms with E-state index in [0.717, 1.165) is 17.7 Å². The third-order valence-electron chi connectivity index (χ3n) is 5.43. The van der Waals surface area contributed by atoms with E-state index in [2.05, 4.69) is 37.4 Å². The van der Waals surface area contributed by atoms with Gasteiger partial charge in [0, 0.05) is 18.3 Å². The van der Waals surface area contributed by atoms with Crippen molar-refractivity contribution in [1.29, 1.82) is 0 Å². The molecule has 1 N–H and O–H groups in total. The fourth-order valence-electron chi connectivity index (χ4n) is 3.64. The van der Waals surface area contributed by atoms with Gasteiger partial charge in [-0.3, -0.25) is 9.59 Å². The van der Waals surface area contributed by atoms with Crippen LogP contribution in [0.2, 0.25) is 0 Å². The van der Waals surface area contributed by atoms with Gasteiger partial charge in [-0.05, 0) is 56.9 Å². The third kappa shape index (κ3) is 7.97. The molecule has 0 fully saturated rings. The van der Waals surface area contributed by atoms with Crippen LogP contribution in [0.25, 0.3) is 0 Å². The smallest absolute Gasteiger partial charge is 0.243 e. The van der Waals surface area contributed by atoms with Crippen molar-refractivity contribution in [3.05, 3.63) is 70.5 Å². The summed E-state index contributed by atoms with van der Waals surface area (Å²) in [7, 11) is 0. The van der Waals surface area contributed by atoms with Gasteiger partial charge in [-0.1, -0.05) is 55.3 Å². The van der Waals surface area contributed by atoms with Gasteiger partial charge in [0.2, 0.25) is 11.8 Å². The van der Waals surface area contributed by atoms with E-state index < -0.39 is 6.04 Å². The maximum Gasteiger partial charge on any atom is 0.243 e. The molecule has 0 radical (unpaired) electrons. The van der Waals surface area contributed by atoms with E-state index >= 15 is 0 Å². The van der Waals surface area contributed by atoms with Crippen LogP contribution in [-0.4, -0.2) is 34.6 Å². The summed E-state index contributed by atoms with van der Waals surface area (Å²) in [6, 6.07) is 12.0. The molecule has 0 unspecified atom stereocenters. The van der Waals surface area contributed by atoms with Crippen molar-refractivity contribution in [2.75, 3.05) is 5.75 Å². The highest BCUT2D eigenvalue weighted by Gasteiger charge is 2.29. The van der Waals surface area contributed by atoms with Crippen LogP contribution in [0, 0.1) is 19.7 Å². The monoisotopic (exact) mass is 458 g/mol. The molecule has 2 aromatic carbocycles. The Hall–Kier alpha value is -2.34. The zero-order valence-corrected chi connectivity index (χ0v) is 20.6. The lowest BCUT2D eigenvalue weighted by molar-refractivity contribution is -0.139. The number of thioether (sulfide) groups is 1. The second-order valence-corrected chi connectivity index (χ2v) is 9.36. The van der Waals surface area contributed by atoms with Gasteiger partial charge in [0.15, 0.2) is 0 Å². The van der Waals surface area contributed by atoms with Crippen LogP contribution in [0.15, 0.2) is 42.5 Å². The topological polar surface area (TPSA) is 49.4 Å². The number of nitrogens with one attached hydrogen (secondary N) is 1. The normalized spacial score (nSPS) is 12.8. The number of nitrogens with zero attached hydrogens (tertiary/aromatic N) is 1. The van der Waals surface area contributed by atoms with Crippen molar-refractivity contribution in [1.82, 2.24) is 10.2 Å². The number of rotatable bonds is 11. The summed E-state index contributed by atoms with van der Waals surface area (Å²) < 4.78 is 13.4. The standard InChI is InChI=1S/C26H35FN2O2S/c1-6-20(5)28-26(31)24(7-2)29(15-21-8-10-23(27)11-9-21)25(30)17-32-16-22-13-18(3)12-19(4)14-22/h8-14,20,24H,6-7,15-17H2,1-5H3,(H,28,31)/t20-,24+/m0/s1. The summed E-state index contributed by atoms with van der Waals surface area (Å²) in [5.74, 6) is 0.458. The van der Waals surface area contributed by atoms with Gasteiger partial charge in [-0.25, -0.2) is 4.39 Å². The average Bonchev–Trinajstić information content (AvgIpc) is 2.74. The molecule has 0 saturated carbocycles. The lowest BCUT2D eigenvalue weighted by Gasteiger charge is -2.31. The van der Waals surface area contributed by atoms with Crippen LogP contribution >= 0.6 is 11.8 Å². The second-order valence-electron chi connectivity index (χ2n) is 8.38. The van der Waals surface area contributed by atoms with Gasteiger partial charge in [0.25, 0.3) is 0 Å². The predicted molar refractivity (Wildman–Crippen MR) is 131 cm³/mol. The van der Waals surface area contributed by atoms with Crippen molar-refractivity contribution >= 4 is 23.6 Å². The summed E-state index contributed by atoms with van der Waals surface area (Å²) in [5.41, 5.74) is 4.40. The van der Waals surface area contributed by atoms with E-state index in [1.807, 2.05) is 20.8 Å². The van der Waals surface area contributed by atoms with E-state index in [1.165, 1.54) is 28.8 Å². The minimum atomic E-state index is -0.566. The summed E-state index contributed by atoms with van der Waals surface area (Å²) in [5, 5.41) is 3.01. The van der Waals surface area contributed by atoms with Gasteiger partial charge in [-0.2, -0.15) is 0 Å². The number of amides is 2. The summed E-state index contributed by atoms with van der Waals surface area (Å²) in [6.07, 6.45) is 1.33. The molecule has 0 spiro atoms. The van der Waals surface area contributed by atoms with Crippen LogP contribution in [0.5, 0.6) is 0 Å². The van der Waals surface area contributed by atoms with Gasteiger partial charge < -0.3 is 10.2 Å². The molecule has 0 aliphatic heterocycles. The minimum Gasteiger partial charge on any atom is -0.352 e. The molecule has 2 atom stereocenters. The number of hydrogen-bond donors (Lipinski definition) is 1. The van der Waals surface area contributed by atoms with E-state index in [4.69, 9.17) is 0 Å². The van der Waals surface area contributed by atoms with E-state index in [0.29, 0.717) is 6.42 Å². The molecule has 0 aromatic heterocycles. The Morgan fingerprint density at radius 3 is 2.19 bits per heavy atom. The van der Waals surface area contributed by atoms with Crippen LogP contribution in [0.1, 0.15) is 55.9 Å². The second kappa shape index (κ2) is 12.6. The SMILES string of the molecule is CC[C@H](C(=O)N[C@@H](C)CC)N(Cc1ccc(F)cc1)C(=O)CSCc1cc(C)cc(C)c1. The first kappa shape index (κ1) is 25.9. The number of carbonyl (C=O) groups excluding carboxylic acids is 2. The first-order chi connectivity index (χ1) is 15.2. The van der Waals surface area contributed by atoms with Crippen molar-refractivity contribution in [3.63, 3.8) is 0 Å². The number of halogens is 1. The third-order valence-corrected chi connectivity index (χ3v) is 6.42. The molecule has 6 heteroatoms. The number of benzene rings is 2. The number of hydrogen-bond acceptors (Lipinski definition) is 3. The molecule has 0 bridgehead atoms. The molecule has 2 aromatic rings. The Bertz CT molecular complexity index is 881. The molecular formula is C26H35FN2O2S. The van der Waals surface area contributed by atoms with Gasteiger partial charge in [0.1, 0.15) is 11.9 Å². The Kier molecular flexibility index (Phi) is 10.2. The van der Waals surface area contributed by atoms with E-state index in [9.17, 15) is 14.0 Å². The Balaban J connectivity index is 2.14. The molecule has 0 aliphatic carbocycles. The molecule has 2 rings (SSSR count). The largest absolute Gasteiger partial charge is 0.352 e. The number of carbonyl (C=O) groups is 2. The zero-order chi connectivity index (χ0) is 23.7. The van der Waals surface area contributed by atoms with Crippen LogP contribution in [0.3, 0.4) is 0 Å². The molecule has 0 saturated heterocycles. The minimum absolute atomic E-state index is 0.0401. The molecular weight excluding hydrogens is 423 g/mol. The van der Waals surface area contributed by atoms with Crippen LogP contribution in [0.4, 0.5) is 4.39 Å². The van der Waals surface area contributed by atoms with Gasteiger partial charge in [-0.15, -0.1) is 11.8 Å². The Morgan fingerprint density at radius 2 is 1.62 bits per heavy atom. The molecule has 174 valence electrons. The molecule has 4 nitrogen and oxygen atoms in total. The highest BCUT2D eigenvalue weighted by atomic mass is 32.2.